The Bertz CT molecular complexity index is 345. The third kappa shape index (κ3) is 2.59. The zero-order valence-electron chi connectivity index (χ0n) is 9.26. The summed E-state index contributed by atoms with van der Waals surface area (Å²) in [6, 6.07) is 3.77. The lowest BCUT2D eigenvalue weighted by atomic mass is 9.90. The number of hydrogen-bond donors (Lipinski definition) is 1. The Labute approximate surface area is 94.7 Å². The van der Waals surface area contributed by atoms with E-state index >= 15 is 0 Å². The molecule has 0 aromatic heterocycles. The van der Waals surface area contributed by atoms with E-state index in [1.807, 2.05) is 0 Å². The van der Waals surface area contributed by atoms with Gasteiger partial charge in [0.15, 0.2) is 0 Å². The van der Waals surface area contributed by atoms with Crippen LogP contribution in [0.1, 0.15) is 24.8 Å². The molecule has 1 aromatic rings. The van der Waals surface area contributed by atoms with E-state index in [1.165, 1.54) is 18.6 Å². The minimum atomic E-state index is -0.489. The first-order valence-electron chi connectivity index (χ1n) is 5.84. The summed E-state index contributed by atoms with van der Waals surface area (Å²) in [6.45, 7) is 0.683. The van der Waals surface area contributed by atoms with Crippen LogP contribution in [0.15, 0.2) is 18.2 Å². The molecule has 2 rings (SSSR count). The molecule has 1 aliphatic carbocycles. The van der Waals surface area contributed by atoms with Gasteiger partial charge in [-0.2, -0.15) is 0 Å². The monoisotopic (exact) mass is 225 g/mol. The normalized spacial score (nSPS) is 24.9. The van der Waals surface area contributed by atoms with Crippen molar-refractivity contribution in [2.75, 3.05) is 6.54 Å². The fraction of sp³-hybridized carbons (Fsp3) is 0.538. The minimum absolute atomic E-state index is 0.489. The Morgan fingerprint density at radius 1 is 1.06 bits per heavy atom. The molecule has 0 heterocycles. The van der Waals surface area contributed by atoms with Crippen molar-refractivity contribution >= 4 is 0 Å². The molecule has 2 atom stereocenters. The van der Waals surface area contributed by atoms with E-state index in [1.54, 1.807) is 0 Å². The standard InChI is InChI=1S/C13H17F2N/c14-12-5-9(6-13(15)7-12)4-10-2-1-3-11(10)8-16/h5-7,10-11H,1-4,8,16H2. The average molecular weight is 225 g/mol. The first-order valence-corrected chi connectivity index (χ1v) is 5.84. The van der Waals surface area contributed by atoms with Gasteiger partial charge in [-0.1, -0.05) is 6.42 Å². The summed E-state index contributed by atoms with van der Waals surface area (Å²) in [5, 5.41) is 0. The Morgan fingerprint density at radius 2 is 1.69 bits per heavy atom. The molecule has 0 saturated heterocycles. The van der Waals surface area contributed by atoms with Crippen LogP contribution in [0.5, 0.6) is 0 Å². The second kappa shape index (κ2) is 4.91. The molecule has 0 radical (unpaired) electrons. The van der Waals surface area contributed by atoms with Crippen molar-refractivity contribution in [1.29, 1.82) is 0 Å². The molecule has 0 aliphatic heterocycles. The van der Waals surface area contributed by atoms with E-state index in [-0.39, 0.29) is 0 Å². The molecule has 1 nitrogen and oxygen atoms in total. The summed E-state index contributed by atoms with van der Waals surface area (Å²) < 4.78 is 26.0. The van der Waals surface area contributed by atoms with Gasteiger partial charge in [-0.3, -0.25) is 0 Å². The van der Waals surface area contributed by atoms with Gasteiger partial charge in [0.1, 0.15) is 11.6 Å². The van der Waals surface area contributed by atoms with E-state index in [4.69, 9.17) is 5.73 Å². The lowest BCUT2D eigenvalue weighted by molar-refractivity contribution is 0.393. The molecular formula is C13H17F2N. The van der Waals surface area contributed by atoms with Gasteiger partial charge in [0.25, 0.3) is 0 Å². The number of nitrogens with two attached hydrogens (primary N) is 1. The first-order chi connectivity index (χ1) is 7.69. The van der Waals surface area contributed by atoms with Crippen LogP contribution in [-0.2, 0) is 6.42 Å². The third-order valence-corrected chi connectivity index (χ3v) is 3.54. The maximum atomic E-state index is 13.0. The fourth-order valence-corrected chi connectivity index (χ4v) is 2.72. The maximum absolute atomic E-state index is 13.0. The fourth-order valence-electron chi connectivity index (χ4n) is 2.72. The molecule has 1 fully saturated rings. The lowest BCUT2D eigenvalue weighted by Crippen LogP contribution is -2.20. The SMILES string of the molecule is NCC1CCCC1Cc1cc(F)cc(F)c1. The van der Waals surface area contributed by atoms with E-state index < -0.39 is 11.6 Å². The lowest BCUT2D eigenvalue weighted by Gasteiger charge is -2.17. The average Bonchev–Trinajstić information content (AvgIpc) is 2.63. The third-order valence-electron chi connectivity index (χ3n) is 3.54. The van der Waals surface area contributed by atoms with Gasteiger partial charge in [-0.25, -0.2) is 8.78 Å². The quantitative estimate of drug-likeness (QED) is 0.841. The van der Waals surface area contributed by atoms with Gasteiger partial charge in [0.05, 0.1) is 0 Å². The second-order valence-electron chi connectivity index (χ2n) is 4.67. The van der Waals surface area contributed by atoms with Gasteiger partial charge in [-0.15, -0.1) is 0 Å². The van der Waals surface area contributed by atoms with Crippen molar-refractivity contribution < 1.29 is 8.78 Å². The highest BCUT2D eigenvalue weighted by Gasteiger charge is 2.26. The van der Waals surface area contributed by atoms with Crippen molar-refractivity contribution in [3.8, 4) is 0 Å². The molecule has 1 aliphatic rings. The summed E-state index contributed by atoms with van der Waals surface area (Å²) in [5.41, 5.74) is 6.44. The molecule has 2 N–H and O–H groups in total. The summed E-state index contributed by atoms with van der Waals surface area (Å²) >= 11 is 0. The molecule has 2 unspecified atom stereocenters. The maximum Gasteiger partial charge on any atom is 0.126 e. The Kier molecular flexibility index (Phi) is 3.54. The highest BCUT2D eigenvalue weighted by Crippen LogP contribution is 2.33. The minimum Gasteiger partial charge on any atom is -0.330 e. The van der Waals surface area contributed by atoms with Crippen LogP contribution < -0.4 is 5.73 Å². The predicted octanol–water partition coefficient (Wildman–Crippen LogP) is 2.88. The highest BCUT2D eigenvalue weighted by molar-refractivity contribution is 5.18. The number of benzene rings is 1. The van der Waals surface area contributed by atoms with Crippen LogP contribution in [0, 0.1) is 23.5 Å². The number of hydrogen-bond acceptors (Lipinski definition) is 1. The van der Waals surface area contributed by atoms with Gasteiger partial charge in [-0.05, 0) is 55.3 Å². The van der Waals surface area contributed by atoms with Crippen LogP contribution in [-0.4, -0.2) is 6.54 Å². The molecule has 3 heteroatoms. The topological polar surface area (TPSA) is 26.0 Å². The Morgan fingerprint density at radius 3 is 2.31 bits per heavy atom. The van der Waals surface area contributed by atoms with Crippen molar-refractivity contribution in [3.63, 3.8) is 0 Å². The Balaban J connectivity index is 2.08. The predicted molar refractivity (Wildman–Crippen MR) is 59.9 cm³/mol. The van der Waals surface area contributed by atoms with Crippen LogP contribution >= 0.6 is 0 Å². The zero-order valence-corrected chi connectivity index (χ0v) is 9.26. The summed E-state index contributed by atoms with van der Waals surface area (Å²) in [4.78, 5) is 0. The van der Waals surface area contributed by atoms with Crippen LogP contribution in [0.4, 0.5) is 8.78 Å². The summed E-state index contributed by atoms with van der Waals surface area (Å²) in [5.74, 6) is 0.0344. The molecule has 0 amide bonds. The number of halogens is 2. The highest BCUT2D eigenvalue weighted by atomic mass is 19.1. The summed E-state index contributed by atoms with van der Waals surface area (Å²) in [6.07, 6.45) is 4.21. The largest absolute Gasteiger partial charge is 0.330 e. The van der Waals surface area contributed by atoms with Gasteiger partial charge in [0.2, 0.25) is 0 Å². The van der Waals surface area contributed by atoms with E-state index in [0.29, 0.717) is 18.4 Å². The van der Waals surface area contributed by atoms with Crippen LogP contribution in [0.2, 0.25) is 0 Å². The number of rotatable bonds is 3. The van der Waals surface area contributed by atoms with Crippen LogP contribution in [0.25, 0.3) is 0 Å². The molecular weight excluding hydrogens is 208 g/mol. The van der Waals surface area contributed by atoms with E-state index in [9.17, 15) is 8.78 Å². The molecule has 1 saturated carbocycles. The Hall–Kier alpha value is -0.960. The van der Waals surface area contributed by atoms with Gasteiger partial charge >= 0.3 is 0 Å². The first kappa shape index (κ1) is 11.5. The van der Waals surface area contributed by atoms with Gasteiger partial charge in [0, 0.05) is 6.07 Å². The molecule has 0 spiro atoms. The van der Waals surface area contributed by atoms with E-state index in [0.717, 1.165) is 30.9 Å². The van der Waals surface area contributed by atoms with E-state index in [2.05, 4.69) is 0 Å². The van der Waals surface area contributed by atoms with Crippen molar-refractivity contribution in [1.82, 2.24) is 0 Å². The van der Waals surface area contributed by atoms with Crippen LogP contribution in [0.3, 0.4) is 0 Å². The molecule has 1 aromatic carbocycles. The summed E-state index contributed by atoms with van der Waals surface area (Å²) in [7, 11) is 0. The molecule has 0 bridgehead atoms. The molecule has 88 valence electrons. The second-order valence-corrected chi connectivity index (χ2v) is 4.67. The van der Waals surface area contributed by atoms with Gasteiger partial charge < -0.3 is 5.73 Å². The smallest absolute Gasteiger partial charge is 0.126 e. The van der Waals surface area contributed by atoms with Crippen molar-refractivity contribution in [2.24, 2.45) is 17.6 Å². The van der Waals surface area contributed by atoms with Crippen molar-refractivity contribution in [3.05, 3.63) is 35.4 Å². The van der Waals surface area contributed by atoms with Crippen molar-refractivity contribution in [2.45, 2.75) is 25.7 Å². The molecule has 16 heavy (non-hydrogen) atoms. The zero-order chi connectivity index (χ0) is 11.5.